The first-order valence-corrected chi connectivity index (χ1v) is 5.97. The minimum atomic E-state index is -0.0902. The van der Waals surface area contributed by atoms with Crippen LogP contribution in [0.25, 0.3) is 6.08 Å². The largest absolute Gasteiger partial charge is 0.399 e. The monoisotopic (exact) mass is 242 g/mol. The first-order valence-electron chi connectivity index (χ1n) is 5.97. The van der Waals surface area contributed by atoms with E-state index in [1.54, 1.807) is 18.2 Å². The van der Waals surface area contributed by atoms with E-state index >= 15 is 0 Å². The molecule has 0 radical (unpaired) electrons. The standard InChI is InChI=1S/C15H18N2O/c1-2-3-4-5-12-17-15(18)11-8-13-6-9-14(16)10-7-13/h1,6-11H,3-5,12,16H2,(H,17,18)/b11-8+. The SMILES string of the molecule is C#CCCCCNC(=O)/C=C/c1ccc(N)cc1. The second kappa shape index (κ2) is 7.97. The lowest BCUT2D eigenvalue weighted by Crippen LogP contribution is -2.21. The van der Waals surface area contributed by atoms with Gasteiger partial charge in [-0.3, -0.25) is 4.79 Å². The van der Waals surface area contributed by atoms with Crippen LogP contribution in [0.4, 0.5) is 5.69 Å². The zero-order valence-electron chi connectivity index (χ0n) is 10.4. The Hall–Kier alpha value is -2.21. The quantitative estimate of drug-likeness (QED) is 0.348. The van der Waals surface area contributed by atoms with Gasteiger partial charge in [0.25, 0.3) is 0 Å². The highest BCUT2D eigenvalue weighted by molar-refractivity contribution is 5.91. The Kier molecular flexibility index (Phi) is 6.13. The van der Waals surface area contributed by atoms with Gasteiger partial charge in [0.15, 0.2) is 0 Å². The summed E-state index contributed by atoms with van der Waals surface area (Å²) in [5.41, 5.74) is 7.23. The number of unbranched alkanes of at least 4 members (excludes halogenated alkanes) is 2. The summed E-state index contributed by atoms with van der Waals surface area (Å²) < 4.78 is 0. The second-order valence-electron chi connectivity index (χ2n) is 3.95. The van der Waals surface area contributed by atoms with Crippen LogP contribution in [0.3, 0.4) is 0 Å². The Labute approximate surface area is 108 Å². The van der Waals surface area contributed by atoms with E-state index < -0.39 is 0 Å². The van der Waals surface area contributed by atoms with E-state index in [0.29, 0.717) is 12.2 Å². The van der Waals surface area contributed by atoms with Crippen LogP contribution in [-0.4, -0.2) is 12.5 Å². The molecule has 94 valence electrons. The van der Waals surface area contributed by atoms with Crippen molar-refractivity contribution in [2.75, 3.05) is 12.3 Å². The molecule has 18 heavy (non-hydrogen) atoms. The molecule has 0 aliphatic carbocycles. The molecule has 1 aromatic rings. The van der Waals surface area contributed by atoms with Crippen LogP contribution in [-0.2, 0) is 4.79 Å². The number of carbonyl (C=O) groups excluding carboxylic acids is 1. The molecular weight excluding hydrogens is 224 g/mol. The molecule has 0 saturated heterocycles. The molecule has 0 aromatic heterocycles. The summed E-state index contributed by atoms with van der Waals surface area (Å²) in [5.74, 6) is 2.48. The van der Waals surface area contributed by atoms with Crippen molar-refractivity contribution in [1.29, 1.82) is 0 Å². The third-order valence-electron chi connectivity index (χ3n) is 2.41. The molecule has 0 aliphatic heterocycles. The Balaban J connectivity index is 2.27. The van der Waals surface area contributed by atoms with Crippen molar-refractivity contribution < 1.29 is 4.79 Å². The zero-order chi connectivity index (χ0) is 13.2. The molecule has 1 amide bonds. The van der Waals surface area contributed by atoms with E-state index in [9.17, 15) is 4.79 Å². The molecule has 0 fully saturated rings. The van der Waals surface area contributed by atoms with Crippen molar-refractivity contribution in [3.8, 4) is 12.3 Å². The van der Waals surface area contributed by atoms with Crippen LogP contribution < -0.4 is 11.1 Å². The molecule has 3 heteroatoms. The van der Waals surface area contributed by atoms with E-state index in [-0.39, 0.29) is 5.91 Å². The summed E-state index contributed by atoms with van der Waals surface area (Å²) in [4.78, 5) is 11.5. The van der Waals surface area contributed by atoms with Gasteiger partial charge in [-0.15, -0.1) is 12.3 Å². The van der Waals surface area contributed by atoms with Crippen molar-refractivity contribution in [2.24, 2.45) is 0 Å². The van der Waals surface area contributed by atoms with E-state index in [0.717, 1.165) is 24.8 Å². The number of amides is 1. The summed E-state index contributed by atoms with van der Waals surface area (Å²) in [6.45, 7) is 0.659. The minimum absolute atomic E-state index is 0.0902. The first-order chi connectivity index (χ1) is 8.72. The summed E-state index contributed by atoms with van der Waals surface area (Å²) >= 11 is 0. The van der Waals surface area contributed by atoms with Crippen LogP contribution >= 0.6 is 0 Å². The third kappa shape index (κ3) is 5.76. The van der Waals surface area contributed by atoms with Gasteiger partial charge in [-0.1, -0.05) is 12.1 Å². The number of benzene rings is 1. The van der Waals surface area contributed by atoms with E-state index in [1.165, 1.54) is 6.08 Å². The fraction of sp³-hybridized carbons (Fsp3) is 0.267. The molecule has 0 bridgehead atoms. The van der Waals surface area contributed by atoms with Crippen molar-refractivity contribution in [1.82, 2.24) is 5.32 Å². The maximum absolute atomic E-state index is 11.5. The smallest absolute Gasteiger partial charge is 0.243 e. The average molecular weight is 242 g/mol. The number of hydrogen-bond acceptors (Lipinski definition) is 2. The normalized spacial score (nSPS) is 10.2. The molecule has 0 aliphatic rings. The van der Waals surface area contributed by atoms with Crippen molar-refractivity contribution in [3.63, 3.8) is 0 Å². The van der Waals surface area contributed by atoms with E-state index in [2.05, 4.69) is 11.2 Å². The van der Waals surface area contributed by atoms with Crippen LogP contribution in [0, 0.1) is 12.3 Å². The molecule has 0 unspecified atom stereocenters. The van der Waals surface area contributed by atoms with Gasteiger partial charge < -0.3 is 11.1 Å². The van der Waals surface area contributed by atoms with Gasteiger partial charge >= 0.3 is 0 Å². The Morgan fingerprint density at radius 2 is 2.06 bits per heavy atom. The number of anilines is 1. The Morgan fingerprint density at radius 3 is 2.72 bits per heavy atom. The first kappa shape index (κ1) is 13.9. The van der Waals surface area contributed by atoms with Gasteiger partial charge in [0.05, 0.1) is 0 Å². The number of hydrogen-bond donors (Lipinski definition) is 2. The van der Waals surface area contributed by atoms with Crippen molar-refractivity contribution in [3.05, 3.63) is 35.9 Å². The molecule has 0 atom stereocenters. The second-order valence-corrected chi connectivity index (χ2v) is 3.95. The minimum Gasteiger partial charge on any atom is -0.399 e. The fourth-order valence-electron chi connectivity index (χ4n) is 1.40. The van der Waals surface area contributed by atoms with Gasteiger partial charge in [-0.2, -0.15) is 0 Å². The highest BCUT2D eigenvalue weighted by Crippen LogP contribution is 2.06. The molecule has 0 spiro atoms. The predicted octanol–water partition coefficient (Wildman–Crippen LogP) is 2.20. The highest BCUT2D eigenvalue weighted by Gasteiger charge is 1.94. The third-order valence-corrected chi connectivity index (χ3v) is 2.41. The molecule has 1 rings (SSSR count). The van der Waals surface area contributed by atoms with Gasteiger partial charge in [0.1, 0.15) is 0 Å². The van der Waals surface area contributed by atoms with Crippen molar-refractivity contribution in [2.45, 2.75) is 19.3 Å². The summed E-state index contributed by atoms with van der Waals surface area (Å²) in [5, 5.41) is 2.80. The fourth-order valence-corrected chi connectivity index (χ4v) is 1.40. The maximum atomic E-state index is 11.5. The molecule has 1 aromatic carbocycles. The number of carbonyl (C=O) groups is 1. The lowest BCUT2D eigenvalue weighted by atomic mass is 10.2. The number of rotatable bonds is 6. The van der Waals surface area contributed by atoms with Gasteiger partial charge in [-0.05, 0) is 36.6 Å². The van der Waals surface area contributed by atoms with Gasteiger partial charge in [-0.25, -0.2) is 0 Å². The summed E-state index contributed by atoms with van der Waals surface area (Å²) in [6.07, 6.45) is 11.0. The van der Waals surface area contributed by atoms with Crippen molar-refractivity contribution >= 4 is 17.7 Å². The molecule has 0 heterocycles. The predicted molar refractivity (Wildman–Crippen MR) is 75.6 cm³/mol. The number of nitrogens with one attached hydrogen (secondary N) is 1. The molecule has 3 N–H and O–H groups in total. The highest BCUT2D eigenvalue weighted by atomic mass is 16.1. The van der Waals surface area contributed by atoms with E-state index in [1.807, 2.05) is 12.1 Å². The molecular formula is C15H18N2O. The topological polar surface area (TPSA) is 55.1 Å². The number of nitrogens with two attached hydrogens (primary N) is 1. The van der Waals surface area contributed by atoms with Gasteiger partial charge in [0, 0.05) is 24.7 Å². The molecule has 0 saturated carbocycles. The summed E-state index contributed by atoms with van der Waals surface area (Å²) in [6, 6.07) is 7.34. The summed E-state index contributed by atoms with van der Waals surface area (Å²) in [7, 11) is 0. The number of nitrogen functional groups attached to an aromatic ring is 1. The van der Waals surface area contributed by atoms with Crippen LogP contribution in [0.1, 0.15) is 24.8 Å². The maximum Gasteiger partial charge on any atom is 0.243 e. The Morgan fingerprint density at radius 1 is 1.33 bits per heavy atom. The zero-order valence-corrected chi connectivity index (χ0v) is 10.4. The van der Waals surface area contributed by atoms with Crippen LogP contribution in [0.15, 0.2) is 30.3 Å². The lowest BCUT2D eigenvalue weighted by Gasteiger charge is -2.00. The van der Waals surface area contributed by atoms with Crippen LogP contribution in [0.5, 0.6) is 0 Å². The van der Waals surface area contributed by atoms with Gasteiger partial charge in [0.2, 0.25) is 5.91 Å². The average Bonchev–Trinajstić information content (AvgIpc) is 2.38. The van der Waals surface area contributed by atoms with E-state index in [4.69, 9.17) is 12.2 Å². The van der Waals surface area contributed by atoms with Crippen LogP contribution in [0.2, 0.25) is 0 Å². The lowest BCUT2D eigenvalue weighted by molar-refractivity contribution is -0.116. The number of terminal acetylenes is 1. The molecule has 3 nitrogen and oxygen atoms in total. The Bertz CT molecular complexity index is 441.